The number of ether oxygens (including phenoxy) is 2. The minimum atomic E-state index is 0.0711. The van der Waals surface area contributed by atoms with Crippen LogP contribution in [-0.4, -0.2) is 56.6 Å². The second kappa shape index (κ2) is 8.46. The first-order valence-corrected chi connectivity index (χ1v) is 10.4. The Hall–Kier alpha value is -2.53. The molecule has 2 heterocycles. The number of methoxy groups -OCH3 is 2. The van der Waals surface area contributed by atoms with Crippen LogP contribution in [0, 0.1) is 5.92 Å². The van der Waals surface area contributed by atoms with Crippen molar-refractivity contribution >= 4 is 5.91 Å². The van der Waals surface area contributed by atoms with Gasteiger partial charge < -0.3 is 14.4 Å². The molecule has 1 fully saturated rings. The maximum absolute atomic E-state index is 13.0. The maximum Gasteiger partial charge on any atom is 0.253 e. The zero-order valence-corrected chi connectivity index (χ0v) is 17.6. The summed E-state index contributed by atoms with van der Waals surface area (Å²) in [7, 11) is 5.43. The molecule has 0 aromatic heterocycles. The van der Waals surface area contributed by atoms with Gasteiger partial charge >= 0.3 is 0 Å². The molecule has 1 amide bonds. The number of carbonyl (C=O) groups is 1. The number of likely N-dealkylation sites (tertiary alicyclic amines) is 1. The molecule has 2 aliphatic rings. The first-order valence-electron chi connectivity index (χ1n) is 10.4. The summed E-state index contributed by atoms with van der Waals surface area (Å²) in [5.41, 5.74) is 3.62. The van der Waals surface area contributed by atoms with Crippen molar-refractivity contribution in [2.24, 2.45) is 5.92 Å². The highest BCUT2D eigenvalue weighted by molar-refractivity contribution is 5.95. The first-order chi connectivity index (χ1) is 14.1. The van der Waals surface area contributed by atoms with E-state index in [1.54, 1.807) is 26.4 Å². The summed E-state index contributed by atoms with van der Waals surface area (Å²) in [5.74, 6) is 1.88. The van der Waals surface area contributed by atoms with E-state index in [2.05, 4.69) is 36.2 Å². The number of piperidine rings is 1. The molecule has 2 aromatic rings. The average molecular weight is 395 g/mol. The van der Waals surface area contributed by atoms with Gasteiger partial charge in [0.2, 0.25) is 0 Å². The highest BCUT2D eigenvalue weighted by Gasteiger charge is 2.34. The molecule has 5 nitrogen and oxygen atoms in total. The summed E-state index contributed by atoms with van der Waals surface area (Å²) >= 11 is 0. The van der Waals surface area contributed by atoms with E-state index < -0.39 is 0 Å². The minimum Gasteiger partial charge on any atom is -0.493 e. The Morgan fingerprint density at radius 2 is 1.69 bits per heavy atom. The predicted molar refractivity (Wildman–Crippen MR) is 114 cm³/mol. The number of amides is 1. The molecule has 0 radical (unpaired) electrons. The van der Waals surface area contributed by atoms with Crippen molar-refractivity contribution in [3.8, 4) is 11.5 Å². The Bertz CT molecular complexity index is 874. The average Bonchev–Trinajstić information content (AvgIpc) is 2.78. The van der Waals surface area contributed by atoms with Gasteiger partial charge in [0.05, 0.1) is 14.2 Å². The van der Waals surface area contributed by atoms with Crippen molar-refractivity contribution in [1.29, 1.82) is 0 Å². The van der Waals surface area contributed by atoms with Gasteiger partial charge in [0, 0.05) is 31.2 Å². The SMILES string of the molecule is COc1ccc(C(=O)N2CCC(C3c4ccccc4CCN3C)CC2)cc1OC. The van der Waals surface area contributed by atoms with Gasteiger partial charge in [0.1, 0.15) is 0 Å². The number of nitrogens with zero attached hydrogens (tertiary/aromatic N) is 2. The van der Waals surface area contributed by atoms with Crippen molar-refractivity contribution in [3.63, 3.8) is 0 Å². The fraction of sp³-hybridized carbons (Fsp3) is 0.458. The van der Waals surface area contributed by atoms with E-state index in [0.29, 0.717) is 29.0 Å². The third-order valence-electron chi connectivity index (χ3n) is 6.49. The fourth-order valence-corrected chi connectivity index (χ4v) is 4.91. The van der Waals surface area contributed by atoms with Gasteiger partial charge in [-0.05, 0) is 61.6 Å². The first kappa shape index (κ1) is 19.8. The summed E-state index contributed by atoms with van der Waals surface area (Å²) < 4.78 is 10.6. The number of hydrogen-bond donors (Lipinski definition) is 0. The van der Waals surface area contributed by atoms with Crippen LogP contribution < -0.4 is 9.47 Å². The van der Waals surface area contributed by atoms with E-state index in [1.165, 1.54) is 11.1 Å². The van der Waals surface area contributed by atoms with E-state index in [0.717, 1.165) is 38.9 Å². The zero-order chi connectivity index (χ0) is 20.4. The number of fused-ring (bicyclic) bond motifs is 1. The molecular formula is C24H30N2O3. The van der Waals surface area contributed by atoms with Crippen molar-refractivity contribution in [2.75, 3.05) is 40.9 Å². The number of benzene rings is 2. The standard InChI is InChI=1S/C24H30N2O3/c1-25-13-10-17-6-4-5-7-20(17)23(25)18-11-14-26(15-12-18)24(27)19-8-9-21(28-2)22(16-19)29-3/h4-9,16,18,23H,10-15H2,1-3H3. The Morgan fingerprint density at radius 3 is 2.41 bits per heavy atom. The summed E-state index contributed by atoms with van der Waals surface area (Å²) in [6, 6.07) is 14.7. The molecule has 0 bridgehead atoms. The van der Waals surface area contributed by atoms with Crippen molar-refractivity contribution < 1.29 is 14.3 Å². The molecule has 1 atom stereocenters. The number of hydrogen-bond acceptors (Lipinski definition) is 4. The number of rotatable bonds is 4. The van der Waals surface area contributed by atoms with Crippen LogP contribution in [0.3, 0.4) is 0 Å². The van der Waals surface area contributed by atoms with Gasteiger partial charge in [-0.3, -0.25) is 9.69 Å². The van der Waals surface area contributed by atoms with Crippen molar-refractivity contribution in [2.45, 2.75) is 25.3 Å². The van der Waals surface area contributed by atoms with Crippen molar-refractivity contribution in [1.82, 2.24) is 9.80 Å². The number of likely N-dealkylation sites (N-methyl/N-ethyl adjacent to an activating group) is 1. The lowest BCUT2D eigenvalue weighted by atomic mass is 9.80. The lowest BCUT2D eigenvalue weighted by Crippen LogP contribution is -2.44. The summed E-state index contributed by atoms with van der Waals surface area (Å²) in [4.78, 5) is 17.5. The molecule has 1 saturated heterocycles. The molecule has 154 valence electrons. The summed E-state index contributed by atoms with van der Waals surface area (Å²) in [5, 5.41) is 0. The van der Waals surface area contributed by atoms with E-state index >= 15 is 0 Å². The molecule has 0 aliphatic carbocycles. The highest BCUT2D eigenvalue weighted by atomic mass is 16.5. The van der Waals surface area contributed by atoms with Crippen LogP contribution in [0.25, 0.3) is 0 Å². The predicted octanol–water partition coefficient (Wildman–Crippen LogP) is 3.79. The van der Waals surface area contributed by atoms with Crippen molar-refractivity contribution in [3.05, 3.63) is 59.2 Å². The molecule has 29 heavy (non-hydrogen) atoms. The Labute approximate surface area is 173 Å². The van der Waals surface area contributed by atoms with E-state index in [-0.39, 0.29) is 5.91 Å². The summed E-state index contributed by atoms with van der Waals surface area (Å²) in [6.07, 6.45) is 3.19. The topological polar surface area (TPSA) is 42.0 Å². The minimum absolute atomic E-state index is 0.0711. The Kier molecular flexibility index (Phi) is 5.76. The number of carbonyl (C=O) groups excluding carboxylic acids is 1. The smallest absolute Gasteiger partial charge is 0.253 e. The monoisotopic (exact) mass is 394 g/mol. The van der Waals surface area contributed by atoms with Crippen LogP contribution in [0.5, 0.6) is 11.5 Å². The molecule has 2 aromatic carbocycles. The van der Waals surface area contributed by atoms with Crippen LogP contribution in [0.4, 0.5) is 0 Å². The van der Waals surface area contributed by atoms with Gasteiger partial charge in [-0.1, -0.05) is 24.3 Å². The molecule has 5 heteroatoms. The molecule has 4 rings (SSSR count). The zero-order valence-electron chi connectivity index (χ0n) is 17.6. The summed E-state index contributed by atoms with van der Waals surface area (Å²) in [6.45, 7) is 2.70. The van der Waals surface area contributed by atoms with E-state index in [9.17, 15) is 4.79 Å². The van der Waals surface area contributed by atoms with E-state index in [4.69, 9.17) is 9.47 Å². The lowest BCUT2D eigenvalue weighted by molar-refractivity contribution is 0.0598. The molecular weight excluding hydrogens is 364 g/mol. The van der Waals surface area contributed by atoms with Crippen LogP contribution in [0.2, 0.25) is 0 Å². The molecule has 0 N–H and O–H groups in total. The van der Waals surface area contributed by atoms with Crippen LogP contribution >= 0.6 is 0 Å². The van der Waals surface area contributed by atoms with Gasteiger partial charge in [-0.25, -0.2) is 0 Å². The van der Waals surface area contributed by atoms with E-state index in [1.807, 2.05) is 11.0 Å². The molecule has 1 unspecified atom stereocenters. The quantitative estimate of drug-likeness (QED) is 0.791. The molecule has 0 saturated carbocycles. The maximum atomic E-state index is 13.0. The van der Waals surface area contributed by atoms with Gasteiger partial charge in [0.25, 0.3) is 5.91 Å². The largest absolute Gasteiger partial charge is 0.493 e. The van der Waals surface area contributed by atoms with Gasteiger partial charge in [0.15, 0.2) is 11.5 Å². The van der Waals surface area contributed by atoms with Gasteiger partial charge in [-0.15, -0.1) is 0 Å². The van der Waals surface area contributed by atoms with Crippen LogP contribution in [-0.2, 0) is 6.42 Å². The van der Waals surface area contributed by atoms with Crippen LogP contribution in [0.1, 0.15) is 40.4 Å². The second-order valence-electron chi connectivity index (χ2n) is 8.07. The highest BCUT2D eigenvalue weighted by Crippen LogP contribution is 2.39. The Morgan fingerprint density at radius 1 is 0.966 bits per heavy atom. The normalized spacial score (nSPS) is 20.2. The van der Waals surface area contributed by atoms with Gasteiger partial charge in [-0.2, -0.15) is 0 Å². The molecule has 2 aliphatic heterocycles. The Balaban J connectivity index is 1.45. The molecule has 0 spiro atoms. The third kappa shape index (κ3) is 3.84. The van der Waals surface area contributed by atoms with Crippen LogP contribution in [0.15, 0.2) is 42.5 Å². The fourth-order valence-electron chi connectivity index (χ4n) is 4.91. The lowest BCUT2D eigenvalue weighted by Gasteiger charge is -2.43. The third-order valence-corrected chi connectivity index (χ3v) is 6.49. The second-order valence-corrected chi connectivity index (χ2v) is 8.07.